The highest BCUT2D eigenvalue weighted by atomic mass is 32.2. The van der Waals surface area contributed by atoms with Gasteiger partial charge in [-0.3, -0.25) is 4.79 Å². The van der Waals surface area contributed by atoms with Crippen molar-refractivity contribution in [3.8, 4) is 0 Å². The van der Waals surface area contributed by atoms with Crippen LogP contribution >= 0.6 is 11.8 Å². The Morgan fingerprint density at radius 1 is 1.33 bits per heavy atom. The number of hydrogen-bond donors (Lipinski definition) is 1. The molecular formula is C17H17F3N4O2S. The number of alkyl halides is 3. The summed E-state index contributed by atoms with van der Waals surface area (Å²) in [6.07, 6.45) is -3.70. The predicted molar refractivity (Wildman–Crippen MR) is 95.6 cm³/mol. The molecule has 6 nitrogen and oxygen atoms in total. The molecule has 0 aliphatic rings. The minimum Gasteiger partial charge on any atom is -0.360 e. The monoisotopic (exact) mass is 398 g/mol. The zero-order valence-corrected chi connectivity index (χ0v) is 15.4. The molecule has 3 rings (SSSR count). The van der Waals surface area contributed by atoms with Gasteiger partial charge in [0.2, 0.25) is 5.91 Å². The third-order valence-corrected chi connectivity index (χ3v) is 4.69. The molecule has 0 spiro atoms. The van der Waals surface area contributed by atoms with Crippen LogP contribution in [0.4, 0.5) is 19.0 Å². The number of carbonyl (C=O) groups excluding carboxylic acids is 1. The number of nitrogens with zero attached hydrogens (tertiary/aromatic N) is 3. The number of anilines is 1. The first-order valence-corrected chi connectivity index (χ1v) is 9.20. The fraction of sp³-hybridized carbons (Fsp3) is 0.353. The molecule has 144 valence electrons. The molecular weight excluding hydrogens is 381 g/mol. The van der Waals surface area contributed by atoms with Crippen LogP contribution in [0.5, 0.6) is 0 Å². The van der Waals surface area contributed by atoms with E-state index in [1.54, 1.807) is 17.6 Å². The van der Waals surface area contributed by atoms with Gasteiger partial charge in [-0.1, -0.05) is 23.8 Å². The molecule has 0 atom stereocenters. The second-order valence-corrected chi connectivity index (χ2v) is 6.85. The second-order valence-electron chi connectivity index (χ2n) is 5.91. The third kappa shape index (κ3) is 4.44. The quantitative estimate of drug-likeness (QED) is 0.619. The third-order valence-electron chi connectivity index (χ3n) is 3.72. The van der Waals surface area contributed by atoms with Crippen LogP contribution in [0.2, 0.25) is 0 Å². The Hall–Kier alpha value is -2.49. The van der Waals surface area contributed by atoms with E-state index < -0.39 is 11.7 Å². The minimum absolute atomic E-state index is 0.0467. The number of carbonyl (C=O) groups is 1. The van der Waals surface area contributed by atoms with Gasteiger partial charge in [0.25, 0.3) is 0 Å². The maximum Gasteiger partial charge on any atom is 0.416 e. The van der Waals surface area contributed by atoms with Crippen molar-refractivity contribution in [1.82, 2.24) is 14.7 Å². The lowest BCUT2D eigenvalue weighted by Crippen LogP contribution is -2.14. The van der Waals surface area contributed by atoms with Crippen molar-refractivity contribution >= 4 is 34.5 Å². The van der Waals surface area contributed by atoms with Gasteiger partial charge in [-0.25, -0.2) is 4.98 Å². The molecule has 2 heterocycles. The lowest BCUT2D eigenvalue weighted by molar-refractivity contribution is -0.137. The van der Waals surface area contributed by atoms with Gasteiger partial charge in [-0.2, -0.15) is 13.2 Å². The van der Waals surface area contributed by atoms with E-state index in [0.29, 0.717) is 34.3 Å². The molecule has 0 fully saturated rings. The molecule has 0 aliphatic heterocycles. The number of amides is 1. The van der Waals surface area contributed by atoms with Gasteiger partial charge in [-0.05, 0) is 31.5 Å². The Bertz CT molecular complexity index is 965. The van der Waals surface area contributed by atoms with Gasteiger partial charge >= 0.3 is 6.18 Å². The molecule has 27 heavy (non-hydrogen) atoms. The first-order chi connectivity index (χ1) is 12.8. The number of thioether (sulfide) groups is 1. The maximum atomic E-state index is 13.0. The summed E-state index contributed by atoms with van der Waals surface area (Å²) in [5.41, 5.74) is 0.149. The fourth-order valence-corrected chi connectivity index (χ4v) is 3.40. The molecule has 0 unspecified atom stereocenters. The Morgan fingerprint density at radius 3 is 2.74 bits per heavy atom. The van der Waals surface area contributed by atoms with Gasteiger partial charge < -0.3 is 14.4 Å². The Balaban J connectivity index is 1.80. The lowest BCUT2D eigenvalue weighted by Gasteiger charge is -2.09. The van der Waals surface area contributed by atoms with Crippen molar-refractivity contribution in [3.05, 3.63) is 35.6 Å². The Labute approximate surface area is 157 Å². The average Bonchev–Trinajstić information content (AvgIpc) is 3.15. The molecule has 0 saturated heterocycles. The number of hydrogen-bond acceptors (Lipinski definition) is 5. The average molecular weight is 398 g/mol. The molecule has 0 saturated carbocycles. The van der Waals surface area contributed by atoms with E-state index in [-0.39, 0.29) is 11.7 Å². The molecule has 0 aliphatic carbocycles. The van der Waals surface area contributed by atoms with Crippen molar-refractivity contribution in [1.29, 1.82) is 0 Å². The molecule has 0 bridgehead atoms. The second kappa shape index (κ2) is 7.63. The highest BCUT2D eigenvalue weighted by Gasteiger charge is 2.31. The maximum absolute atomic E-state index is 13.0. The largest absolute Gasteiger partial charge is 0.416 e. The lowest BCUT2D eigenvalue weighted by atomic mass is 10.2. The number of rotatable bonds is 6. The first-order valence-electron chi connectivity index (χ1n) is 8.21. The normalized spacial score (nSPS) is 11.9. The van der Waals surface area contributed by atoms with E-state index in [4.69, 9.17) is 4.52 Å². The summed E-state index contributed by atoms with van der Waals surface area (Å²) >= 11 is 1.16. The molecule has 10 heteroatoms. The number of aryl methyl sites for hydroxylation is 2. The number of imidazole rings is 1. The van der Waals surface area contributed by atoms with E-state index >= 15 is 0 Å². The number of aromatic nitrogens is 3. The first kappa shape index (κ1) is 19.3. The van der Waals surface area contributed by atoms with E-state index in [1.165, 1.54) is 6.07 Å². The highest BCUT2D eigenvalue weighted by Crippen LogP contribution is 2.33. The molecule has 1 aromatic carbocycles. The summed E-state index contributed by atoms with van der Waals surface area (Å²) in [4.78, 5) is 16.4. The van der Waals surface area contributed by atoms with E-state index in [9.17, 15) is 18.0 Å². The van der Waals surface area contributed by atoms with Crippen LogP contribution in [-0.4, -0.2) is 26.4 Å². The molecule has 0 radical (unpaired) electrons. The van der Waals surface area contributed by atoms with Crippen LogP contribution < -0.4 is 5.32 Å². The van der Waals surface area contributed by atoms with Crippen molar-refractivity contribution in [3.63, 3.8) is 0 Å². The summed E-state index contributed by atoms with van der Waals surface area (Å²) < 4.78 is 45.6. The number of fused-ring (bicyclic) bond motifs is 1. The standard InChI is InChI=1S/C17H17F3N4O2S/c1-3-6-24-13-8-11(17(18,19)20)4-5-12(13)21-16(24)27-9-15(25)22-14-7-10(2)26-23-14/h4-5,7-8H,3,6,9H2,1-2H3,(H,22,23,25). The van der Waals surface area contributed by atoms with Crippen molar-refractivity contribution in [2.45, 2.75) is 38.1 Å². The van der Waals surface area contributed by atoms with Gasteiger partial charge in [0.1, 0.15) is 5.76 Å². The van der Waals surface area contributed by atoms with Crippen LogP contribution in [0.15, 0.2) is 33.9 Å². The van der Waals surface area contributed by atoms with E-state index in [0.717, 1.165) is 30.3 Å². The van der Waals surface area contributed by atoms with Crippen molar-refractivity contribution in [2.75, 3.05) is 11.1 Å². The summed E-state index contributed by atoms with van der Waals surface area (Å²) in [6, 6.07) is 5.06. The van der Waals surface area contributed by atoms with E-state index in [1.807, 2.05) is 6.92 Å². The van der Waals surface area contributed by atoms with Gasteiger partial charge in [0, 0.05) is 12.6 Å². The molecule has 1 N–H and O–H groups in total. The Kier molecular flexibility index (Phi) is 5.45. The van der Waals surface area contributed by atoms with Gasteiger partial charge in [-0.15, -0.1) is 0 Å². The smallest absolute Gasteiger partial charge is 0.360 e. The summed E-state index contributed by atoms with van der Waals surface area (Å²) in [5, 5.41) is 6.78. The zero-order valence-electron chi connectivity index (χ0n) is 14.6. The summed E-state index contributed by atoms with van der Waals surface area (Å²) in [7, 11) is 0. The molecule has 3 aromatic rings. The van der Waals surface area contributed by atoms with E-state index in [2.05, 4.69) is 15.5 Å². The van der Waals surface area contributed by atoms with Crippen molar-refractivity contribution in [2.24, 2.45) is 0 Å². The zero-order chi connectivity index (χ0) is 19.6. The minimum atomic E-state index is -4.42. The number of nitrogens with one attached hydrogen (secondary N) is 1. The predicted octanol–water partition coefficient (Wildman–Crippen LogP) is 4.49. The number of halogens is 3. The van der Waals surface area contributed by atoms with Crippen LogP contribution in [0.1, 0.15) is 24.7 Å². The summed E-state index contributed by atoms with van der Waals surface area (Å²) in [6.45, 7) is 4.14. The van der Waals surface area contributed by atoms with Crippen molar-refractivity contribution < 1.29 is 22.5 Å². The van der Waals surface area contributed by atoms with Gasteiger partial charge in [0.05, 0.1) is 22.3 Å². The van der Waals surface area contributed by atoms with Crippen LogP contribution in [0.25, 0.3) is 11.0 Å². The highest BCUT2D eigenvalue weighted by molar-refractivity contribution is 7.99. The SMILES string of the molecule is CCCn1c(SCC(=O)Nc2cc(C)on2)nc2ccc(C(F)(F)F)cc21. The molecule has 2 aromatic heterocycles. The summed E-state index contributed by atoms with van der Waals surface area (Å²) in [5.74, 6) is 0.628. The topological polar surface area (TPSA) is 73.0 Å². The van der Waals surface area contributed by atoms with Gasteiger partial charge in [0.15, 0.2) is 11.0 Å². The molecule has 1 amide bonds. The van der Waals surface area contributed by atoms with Crippen LogP contribution in [0.3, 0.4) is 0 Å². The van der Waals surface area contributed by atoms with Crippen LogP contribution in [0, 0.1) is 6.92 Å². The van der Waals surface area contributed by atoms with Crippen LogP contribution in [-0.2, 0) is 17.5 Å². The Morgan fingerprint density at radius 2 is 2.11 bits per heavy atom. The number of benzene rings is 1. The fourth-order valence-electron chi connectivity index (χ4n) is 2.56.